The monoisotopic (exact) mass is 211 g/mol. The predicted octanol–water partition coefficient (Wildman–Crippen LogP) is 2.26. The summed E-state index contributed by atoms with van der Waals surface area (Å²) in [5.41, 5.74) is 0. The van der Waals surface area contributed by atoms with Crippen molar-refractivity contribution in [2.24, 2.45) is 0 Å². The molecule has 0 amide bonds. The molecule has 1 aliphatic carbocycles. The van der Waals surface area contributed by atoms with Gasteiger partial charge in [0.2, 0.25) is 0 Å². The summed E-state index contributed by atoms with van der Waals surface area (Å²) in [6.45, 7) is 1.13. The third-order valence-electron chi connectivity index (χ3n) is 3.88. The number of hydrogen-bond donors (Lipinski definition) is 1. The molecule has 0 aromatic heterocycles. The van der Waals surface area contributed by atoms with Crippen LogP contribution in [0.1, 0.15) is 51.4 Å². The van der Waals surface area contributed by atoms with Crippen molar-refractivity contribution >= 4 is 5.97 Å². The van der Waals surface area contributed by atoms with Crippen LogP contribution in [-0.4, -0.2) is 34.6 Å². The van der Waals surface area contributed by atoms with E-state index in [0.717, 1.165) is 13.0 Å². The summed E-state index contributed by atoms with van der Waals surface area (Å²) in [5.74, 6) is -0.634. The van der Waals surface area contributed by atoms with Crippen molar-refractivity contribution < 1.29 is 9.90 Å². The van der Waals surface area contributed by atoms with Gasteiger partial charge in [-0.2, -0.15) is 0 Å². The van der Waals surface area contributed by atoms with Gasteiger partial charge in [-0.25, -0.2) is 0 Å². The van der Waals surface area contributed by atoms with Gasteiger partial charge in [0.1, 0.15) is 0 Å². The van der Waals surface area contributed by atoms with E-state index in [1.807, 2.05) is 0 Å². The van der Waals surface area contributed by atoms with Crippen LogP contribution in [0.3, 0.4) is 0 Å². The predicted molar refractivity (Wildman–Crippen MR) is 58.9 cm³/mol. The summed E-state index contributed by atoms with van der Waals surface area (Å²) < 4.78 is 0. The van der Waals surface area contributed by atoms with E-state index in [2.05, 4.69) is 4.90 Å². The van der Waals surface area contributed by atoms with Crippen LogP contribution in [0.15, 0.2) is 0 Å². The second-order valence-corrected chi connectivity index (χ2v) is 4.92. The molecule has 1 unspecified atom stereocenters. The minimum atomic E-state index is -0.634. The zero-order valence-corrected chi connectivity index (χ0v) is 9.32. The number of likely N-dealkylation sites (tertiary alicyclic amines) is 1. The zero-order chi connectivity index (χ0) is 10.7. The van der Waals surface area contributed by atoms with Crippen molar-refractivity contribution in [2.75, 3.05) is 6.54 Å². The van der Waals surface area contributed by atoms with E-state index in [-0.39, 0.29) is 0 Å². The molecule has 0 spiro atoms. The topological polar surface area (TPSA) is 40.5 Å². The molecule has 1 heterocycles. The number of piperidine rings is 1. The van der Waals surface area contributed by atoms with E-state index in [1.165, 1.54) is 38.5 Å². The smallest absolute Gasteiger partial charge is 0.304 e. The Bertz CT molecular complexity index is 224. The van der Waals surface area contributed by atoms with Gasteiger partial charge in [0.25, 0.3) is 0 Å². The van der Waals surface area contributed by atoms with Gasteiger partial charge in [-0.1, -0.05) is 19.3 Å². The van der Waals surface area contributed by atoms with Crippen LogP contribution in [-0.2, 0) is 4.79 Å². The SMILES string of the molecule is O=C(O)CC1CCCCN1C1CCCC1. The normalized spacial score (nSPS) is 29.5. The highest BCUT2D eigenvalue weighted by Gasteiger charge is 2.31. The summed E-state index contributed by atoms with van der Waals surface area (Å²) in [5, 5.41) is 8.90. The van der Waals surface area contributed by atoms with Crippen molar-refractivity contribution in [3.63, 3.8) is 0 Å². The Labute approximate surface area is 91.5 Å². The molecule has 2 fully saturated rings. The van der Waals surface area contributed by atoms with Crippen molar-refractivity contribution in [1.82, 2.24) is 4.90 Å². The van der Waals surface area contributed by atoms with E-state index in [4.69, 9.17) is 5.11 Å². The highest BCUT2D eigenvalue weighted by Crippen LogP contribution is 2.30. The standard InChI is InChI=1S/C12H21NO2/c14-12(15)9-11-7-3-4-8-13(11)10-5-1-2-6-10/h10-11H,1-9H2,(H,14,15). The lowest BCUT2D eigenvalue weighted by Crippen LogP contribution is -2.46. The summed E-state index contributed by atoms with van der Waals surface area (Å²) in [6.07, 6.45) is 9.14. The summed E-state index contributed by atoms with van der Waals surface area (Å²) in [6, 6.07) is 1.01. The van der Waals surface area contributed by atoms with Gasteiger partial charge in [0, 0.05) is 12.1 Å². The highest BCUT2D eigenvalue weighted by atomic mass is 16.4. The molecule has 2 rings (SSSR count). The van der Waals surface area contributed by atoms with Crippen molar-refractivity contribution in [3.05, 3.63) is 0 Å². The van der Waals surface area contributed by atoms with Crippen LogP contribution in [0.5, 0.6) is 0 Å². The number of carboxylic acids is 1. The van der Waals surface area contributed by atoms with Crippen molar-refractivity contribution in [3.8, 4) is 0 Å². The first-order valence-electron chi connectivity index (χ1n) is 6.25. The van der Waals surface area contributed by atoms with E-state index in [0.29, 0.717) is 18.5 Å². The molecule has 1 N–H and O–H groups in total. The third-order valence-corrected chi connectivity index (χ3v) is 3.88. The number of aliphatic carboxylic acids is 1. The first-order chi connectivity index (χ1) is 7.27. The number of carbonyl (C=O) groups is 1. The molecule has 0 aromatic carbocycles. The molecular formula is C12H21NO2. The Morgan fingerprint density at radius 3 is 2.47 bits per heavy atom. The average molecular weight is 211 g/mol. The summed E-state index contributed by atoms with van der Waals surface area (Å²) in [7, 11) is 0. The molecule has 0 bridgehead atoms. The zero-order valence-electron chi connectivity index (χ0n) is 9.32. The Balaban J connectivity index is 1.95. The minimum absolute atomic E-state index is 0.319. The maximum Gasteiger partial charge on any atom is 0.304 e. The number of rotatable bonds is 3. The van der Waals surface area contributed by atoms with Crippen LogP contribution >= 0.6 is 0 Å². The van der Waals surface area contributed by atoms with Gasteiger partial charge in [0.15, 0.2) is 0 Å². The molecule has 3 nitrogen and oxygen atoms in total. The van der Waals surface area contributed by atoms with E-state index in [1.54, 1.807) is 0 Å². The number of carboxylic acid groups (broad SMARTS) is 1. The summed E-state index contributed by atoms with van der Waals surface area (Å²) >= 11 is 0. The second kappa shape index (κ2) is 4.97. The van der Waals surface area contributed by atoms with E-state index < -0.39 is 5.97 Å². The Kier molecular flexibility index (Phi) is 3.62. The van der Waals surface area contributed by atoms with Crippen molar-refractivity contribution in [2.45, 2.75) is 63.5 Å². The molecule has 1 saturated carbocycles. The Hall–Kier alpha value is -0.570. The lowest BCUT2D eigenvalue weighted by atomic mass is 9.96. The Morgan fingerprint density at radius 1 is 1.13 bits per heavy atom. The lowest BCUT2D eigenvalue weighted by molar-refractivity contribution is -0.139. The first kappa shape index (κ1) is 10.9. The maximum atomic E-state index is 10.8. The van der Waals surface area contributed by atoms with Gasteiger partial charge in [-0.05, 0) is 32.2 Å². The van der Waals surface area contributed by atoms with Gasteiger partial charge in [-0.3, -0.25) is 9.69 Å². The fraction of sp³-hybridized carbons (Fsp3) is 0.917. The second-order valence-electron chi connectivity index (χ2n) is 4.92. The third kappa shape index (κ3) is 2.71. The minimum Gasteiger partial charge on any atom is -0.481 e. The summed E-state index contributed by atoms with van der Waals surface area (Å²) in [4.78, 5) is 13.3. The van der Waals surface area contributed by atoms with Crippen LogP contribution in [0.2, 0.25) is 0 Å². The molecule has 3 heteroatoms. The van der Waals surface area contributed by atoms with E-state index >= 15 is 0 Å². The maximum absolute atomic E-state index is 10.8. The van der Waals surface area contributed by atoms with E-state index in [9.17, 15) is 4.79 Å². The van der Waals surface area contributed by atoms with Gasteiger partial charge >= 0.3 is 5.97 Å². The molecule has 1 atom stereocenters. The van der Waals surface area contributed by atoms with Gasteiger partial charge < -0.3 is 5.11 Å². The van der Waals surface area contributed by atoms with Gasteiger partial charge in [-0.15, -0.1) is 0 Å². The number of hydrogen-bond acceptors (Lipinski definition) is 2. The molecule has 1 saturated heterocycles. The average Bonchev–Trinajstić information content (AvgIpc) is 2.70. The van der Waals surface area contributed by atoms with Crippen LogP contribution in [0.25, 0.3) is 0 Å². The quantitative estimate of drug-likeness (QED) is 0.778. The molecule has 1 aliphatic heterocycles. The molecule has 15 heavy (non-hydrogen) atoms. The lowest BCUT2D eigenvalue weighted by Gasteiger charge is -2.39. The highest BCUT2D eigenvalue weighted by molar-refractivity contribution is 5.67. The fourth-order valence-corrected chi connectivity index (χ4v) is 3.16. The molecule has 86 valence electrons. The number of nitrogens with zero attached hydrogens (tertiary/aromatic N) is 1. The van der Waals surface area contributed by atoms with Crippen LogP contribution in [0, 0.1) is 0 Å². The largest absolute Gasteiger partial charge is 0.481 e. The van der Waals surface area contributed by atoms with Gasteiger partial charge in [0.05, 0.1) is 6.42 Å². The van der Waals surface area contributed by atoms with Crippen LogP contribution < -0.4 is 0 Å². The molecular weight excluding hydrogens is 190 g/mol. The molecule has 0 aromatic rings. The Morgan fingerprint density at radius 2 is 1.80 bits per heavy atom. The van der Waals surface area contributed by atoms with Crippen LogP contribution in [0.4, 0.5) is 0 Å². The molecule has 2 aliphatic rings. The first-order valence-corrected chi connectivity index (χ1v) is 6.25. The molecule has 0 radical (unpaired) electrons. The fourth-order valence-electron chi connectivity index (χ4n) is 3.16. The van der Waals surface area contributed by atoms with Crippen molar-refractivity contribution in [1.29, 1.82) is 0 Å².